The number of nitro benzene ring substituents is 1. The van der Waals surface area contributed by atoms with Crippen LogP contribution in [0.15, 0.2) is 71.6 Å². The van der Waals surface area contributed by atoms with Gasteiger partial charge < -0.3 is 9.80 Å². The highest BCUT2D eigenvalue weighted by Gasteiger charge is 2.26. The molecule has 0 aliphatic carbocycles. The lowest BCUT2D eigenvalue weighted by atomic mass is 9.98. The van der Waals surface area contributed by atoms with Crippen molar-refractivity contribution in [1.82, 2.24) is 4.90 Å². The SMILES string of the molecule is O=C(c1cc(NS(=O)(=O)c2ccc([N+](=O)[O-])cc2)ccc1N1CCc2ccccc2C1)N1CCCCC1. The maximum Gasteiger partial charge on any atom is 0.269 e. The monoisotopic (exact) mass is 520 g/mol. The number of carbonyl (C=O) groups excluding carboxylic acids is 1. The van der Waals surface area contributed by atoms with Crippen molar-refractivity contribution in [2.24, 2.45) is 0 Å². The first-order chi connectivity index (χ1) is 17.8. The molecule has 0 unspecified atom stereocenters. The molecule has 3 aromatic carbocycles. The molecule has 0 saturated carbocycles. The molecule has 0 aromatic heterocycles. The topological polar surface area (TPSA) is 113 Å². The average Bonchev–Trinajstić information content (AvgIpc) is 2.92. The van der Waals surface area contributed by atoms with Gasteiger partial charge in [-0.25, -0.2) is 8.42 Å². The zero-order valence-electron chi connectivity index (χ0n) is 20.3. The first-order valence-corrected chi connectivity index (χ1v) is 13.8. The summed E-state index contributed by atoms with van der Waals surface area (Å²) in [6.07, 6.45) is 3.85. The third-order valence-electron chi connectivity index (χ3n) is 6.95. The smallest absolute Gasteiger partial charge is 0.269 e. The second-order valence-corrected chi connectivity index (χ2v) is 11.1. The van der Waals surface area contributed by atoms with E-state index >= 15 is 0 Å². The molecule has 192 valence electrons. The Morgan fingerprint density at radius 2 is 1.59 bits per heavy atom. The fourth-order valence-corrected chi connectivity index (χ4v) is 6.03. The summed E-state index contributed by atoms with van der Waals surface area (Å²) in [6.45, 7) is 2.79. The van der Waals surface area contributed by atoms with Crippen LogP contribution in [0.1, 0.15) is 40.7 Å². The molecule has 3 aromatic rings. The summed E-state index contributed by atoms with van der Waals surface area (Å²) in [5, 5.41) is 10.9. The Morgan fingerprint density at radius 1 is 0.892 bits per heavy atom. The predicted octanol–water partition coefficient (Wildman–Crippen LogP) is 4.58. The lowest BCUT2D eigenvalue weighted by Gasteiger charge is -2.34. The Balaban J connectivity index is 1.47. The zero-order chi connectivity index (χ0) is 26.0. The number of piperidine rings is 1. The van der Waals surface area contributed by atoms with E-state index in [2.05, 4.69) is 21.8 Å². The number of anilines is 2. The summed E-state index contributed by atoms with van der Waals surface area (Å²) in [6, 6.07) is 18.0. The minimum Gasteiger partial charge on any atom is -0.366 e. The van der Waals surface area contributed by atoms with Crippen LogP contribution in [0.5, 0.6) is 0 Å². The Morgan fingerprint density at radius 3 is 2.30 bits per heavy atom. The van der Waals surface area contributed by atoms with E-state index in [1.54, 1.807) is 18.2 Å². The summed E-state index contributed by atoms with van der Waals surface area (Å²) in [5.74, 6) is -0.107. The van der Waals surface area contributed by atoms with E-state index in [9.17, 15) is 23.3 Å². The fraction of sp³-hybridized carbons (Fsp3) is 0.296. The number of nitrogens with zero attached hydrogens (tertiary/aromatic N) is 3. The number of sulfonamides is 1. The molecule has 0 radical (unpaired) electrons. The summed E-state index contributed by atoms with van der Waals surface area (Å²) < 4.78 is 28.5. The molecule has 1 saturated heterocycles. The van der Waals surface area contributed by atoms with Gasteiger partial charge in [0, 0.05) is 49.7 Å². The number of non-ortho nitro benzene ring substituents is 1. The summed E-state index contributed by atoms with van der Waals surface area (Å²) in [5.41, 5.74) is 3.83. The van der Waals surface area contributed by atoms with Crippen LogP contribution in [0, 0.1) is 10.1 Å². The van der Waals surface area contributed by atoms with Gasteiger partial charge in [-0.3, -0.25) is 19.6 Å². The summed E-state index contributed by atoms with van der Waals surface area (Å²) in [7, 11) is -4.01. The van der Waals surface area contributed by atoms with Gasteiger partial charge in [-0.1, -0.05) is 24.3 Å². The number of fused-ring (bicyclic) bond motifs is 1. The van der Waals surface area contributed by atoms with Gasteiger partial charge in [0.1, 0.15) is 0 Å². The number of nitrogens with one attached hydrogen (secondary N) is 1. The van der Waals surface area contributed by atoms with Crippen LogP contribution in [-0.4, -0.2) is 43.8 Å². The van der Waals surface area contributed by atoms with E-state index in [-0.39, 0.29) is 22.2 Å². The maximum atomic E-state index is 13.7. The van der Waals surface area contributed by atoms with Gasteiger partial charge in [0.05, 0.1) is 15.4 Å². The van der Waals surface area contributed by atoms with E-state index < -0.39 is 14.9 Å². The molecule has 37 heavy (non-hydrogen) atoms. The Hall–Kier alpha value is -3.92. The highest BCUT2D eigenvalue weighted by Crippen LogP contribution is 2.32. The molecule has 1 N–H and O–H groups in total. The van der Waals surface area contributed by atoms with Crippen molar-refractivity contribution in [3.8, 4) is 0 Å². The van der Waals surface area contributed by atoms with Gasteiger partial charge in [-0.05, 0) is 67.1 Å². The molecule has 0 spiro atoms. The van der Waals surface area contributed by atoms with Crippen molar-refractivity contribution in [3.05, 3.63) is 93.5 Å². The molecule has 2 aliphatic rings. The van der Waals surface area contributed by atoms with Crippen LogP contribution in [0.3, 0.4) is 0 Å². The third-order valence-corrected chi connectivity index (χ3v) is 8.35. The first-order valence-electron chi connectivity index (χ1n) is 12.3. The van der Waals surface area contributed by atoms with Gasteiger partial charge >= 0.3 is 0 Å². The maximum absolute atomic E-state index is 13.7. The molecule has 5 rings (SSSR count). The second-order valence-electron chi connectivity index (χ2n) is 9.38. The van der Waals surface area contributed by atoms with Crippen molar-refractivity contribution < 1.29 is 18.1 Å². The molecule has 1 fully saturated rings. The Kier molecular flexibility index (Phi) is 6.84. The number of hydrogen-bond acceptors (Lipinski definition) is 6. The molecule has 0 bridgehead atoms. The van der Waals surface area contributed by atoms with Crippen molar-refractivity contribution in [2.75, 3.05) is 29.3 Å². The van der Waals surface area contributed by atoms with Gasteiger partial charge in [0.25, 0.3) is 21.6 Å². The zero-order valence-corrected chi connectivity index (χ0v) is 21.1. The van der Waals surface area contributed by atoms with Crippen LogP contribution in [0.25, 0.3) is 0 Å². The normalized spacial score (nSPS) is 15.7. The van der Waals surface area contributed by atoms with E-state index in [0.29, 0.717) is 25.2 Å². The highest BCUT2D eigenvalue weighted by molar-refractivity contribution is 7.92. The highest BCUT2D eigenvalue weighted by atomic mass is 32.2. The standard InChI is InChI=1S/C27H28N4O5S/c32-27(29-15-4-1-5-16-29)25-18-22(28-37(35,36)24-11-9-23(10-12-24)31(33)34)8-13-26(25)30-17-14-20-6-2-3-7-21(20)19-30/h2-3,6-13,18,28H,1,4-5,14-17,19H2. The number of benzene rings is 3. The van der Waals surface area contributed by atoms with Crippen LogP contribution in [-0.2, 0) is 23.0 Å². The fourth-order valence-electron chi connectivity index (χ4n) is 4.98. The van der Waals surface area contributed by atoms with E-state index in [1.165, 1.54) is 23.3 Å². The summed E-state index contributed by atoms with van der Waals surface area (Å²) >= 11 is 0. The van der Waals surface area contributed by atoms with Crippen molar-refractivity contribution in [2.45, 2.75) is 37.1 Å². The molecule has 1 amide bonds. The minimum absolute atomic E-state index is 0.0984. The first kappa shape index (κ1) is 24.8. The van der Waals surface area contributed by atoms with Crippen LogP contribution in [0.2, 0.25) is 0 Å². The summed E-state index contributed by atoms with van der Waals surface area (Å²) in [4.78, 5) is 27.9. The Bertz CT molecular complexity index is 1430. The molecule has 2 heterocycles. The van der Waals surface area contributed by atoms with Gasteiger partial charge in [-0.2, -0.15) is 0 Å². The van der Waals surface area contributed by atoms with Crippen molar-refractivity contribution in [3.63, 3.8) is 0 Å². The predicted molar refractivity (Wildman–Crippen MR) is 141 cm³/mol. The number of rotatable bonds is 6. The van der Waals surface area contributed by atoms with Crippen molar-refractivity contribution in [1.29, 1.82) is 0 Å². The van der Waals surface area contributed by atoms with E-state index in [4.69, 9.17) is 0 Å². The van der Waals surface area contributed by atoms with Crippen molar-refractivity contribution >= 4 is 33.0 Å². The van der Waals surface area contributed by atoms with Gasteiger partial charge in [0.2, 0.25) is 0 Å². The lowest BCUT2D eigenvalue weighted by molar-refractivity contribution is -0.384. The molecular formula is C27H28N4O5S. The number of likely N-dealkylation sites (tertiary alicyclic amines) is 1. The molecule has 10 heteroatoms. The second kappa shape index (κ2) is 10.2. The molecule has 2 aliphatic heterocycles. The van der Waals surface area contributed by atoms with Crippen LogP contribution < -0.4 is 9.62 Å². The third kappa shape index (κ3) is 5.29. The van der Waals surface area contributed by atoms with Crippen LogP contribution in [0.4, 0.5) is 17.1 Å². The molecule has 0 atom stereocenters. The quantitative estimate of drug-likeness (QED) is 0.376. The lowest BCUT2D eigenvalue weighted by Crippen LogP contribution is -2.38. The molecule has 9 nitrogen and oxygen atoms in total. The van der Waals surface area contributed by atoms with E-state index in [0.717, 1.165) is 50.0 Å². The van der Waals surface area contributed by atoms with Gasteiger partial charge in [0.15, 0.2) is 0 Å². The number of hydrogen-bond donors (Lipinski definition) is 1. The van der Waals surface area contributed by atoms with E-state index in [1.807, 2.05) is 17.0 Å². The number of amides is 1. The van der Waals surface area contributed by atoms with Gasteiger partial charge in [-0.15, -0.1) is 0 Å². The minimum atomic E-state index is -4.01. The Labute approximate surface area is 215 Å². The largest absolute Gasteiger partial charge is 0.366 e. The van der Waals surface area contributed by atoms with Crippen LogP contribution >= 0.6 is 0 Å². The average molecular weight is 521 g/mol. The number of carbonyl (C=O) groups is 1. The molecular weight excluding hydrogens is 492 g/mol. The number of nitro groups is 1.